The normalized spacial score (nSPS) is 33.0. The number of thioether (sulfide) groups is 1. The fraction of sp³-hybridized carbons (Fsp3) is 1.00. The van der Waals surface area contributed by atoms with Crippen LogP contribution in [0.2, 0.25) is 0 Å². The first kappa shape index (κ1) is 9.36. The zero-order valence-corrected chi connectivity index (χ0v) is 8.10. The van der Waals surface area contributed by atoms with E-state index in [0.29, 0.717) is 5.92 Å². The number of aliphatic hydroxyl groups excluding tert-OH is 1. The lowest BCUT2D eigenvalue weighted by Gasteiger charge is -2.11. The van der Waals surface area contributed by atoms with Crippen molar-refractivity contribution >= 4 is 11.8 Å². The lowest BCUT2D eigenvalue weighted by molar-refractivity contribution is 0.150. The predicted molar refractivity (Wildman–Crippen MR) is 50.0 cm³/mol. The summed E-state index contributed by atoms with van der Waals surface area (Å²) in [7, 11) is 0. The van der Waals surface area contributed by atoms with E-state index in [2.05, 4.69) is 18.1 Å². The molecule has 1 aliphatic rings. The summed E-state index contributed by atoms with van der Waals surface area (Å²) in [6, 6.07) is 0. The van der Waals surface area contributed by atoms with Crippen LogP contribution in [0, 0.1) is 5.92 Å². The molecule has 0 aromatic rings. The van der Waals surface area contributed by atoms with Crippen LogP contribution in [0.3, 0.4) is 0 Å². The zero-order valence-electron chi connectivity index (χ0n) is 7.29. The highest BCUT2D eigenvalue weighted by molar-refractivity contribution is 7.98. The molecule has 2 atom stereocenters. The van der Waals surface area contributed by atoms with Crippen LogP contribution in [0.5, 0.6) is 0 Å². The van der Waals surface area contributed by atoms with Crippen LogP contribution in [-0.2, 0) is 0 Å². The fourth-order valence-electron chi connectivity index (χ4n) is 1.58. The van der Waals surface area contributed by atoms with Crippen molar-refractivity contribution in [3.8, 4) is 0 Å². The highest BCUT2D eigenvalue weighted by atomic mass is 32.2. The van der Waals surface area contributed by atoms with E-state index in [4.69, 9.17) is 0 Å². The summed E-state index contributed by atoms with van der Waals surface area (Å²) in [5.74, 6) is 1.60. The van der Waals surface area contributed by atoms with Crippen molar-refractivity contribution < 1.29 is 5.11 Å². The second kappa shape index (κ2) is 4.33. The molecule has 0 saturated carbocycles. The number of hydrogen-bond acceptors (Lipinski definition) is 3. The Hall–Kier alpha value is 0.270. The van der Waals surface area contributed by atoms with Crippen LogP contribution in [0.25, 0.3) is 0 Å². The van der Waals surface area contributed by atoms with Crippen LogP contribution in [-0.4, -0.2) is 47.8 Å². The van der Waals surface area contributed by atoms with E-state index < -0.39 is 0 Å². The van der Waals surface area contributed by atoms with Gasteiger partial charge in [-0.25, -0.2) is 0 Å². The highest BCUT2D eigenvalue weighted by Crippen LogP contribution is 2.19. The molecule has 0 aliphatic carbocycles. The van der Waals surface area contributed by atoms with Crippen LogP contribution in [0.15, 0.2) is 0 Å². The minimum absolute atomic E-state index is 0.0811. The largest absolute Gasteiger partial charge is 0.391 e. The molecule has 0 aromatic heterocycles. The predicted octanol–water partition coefficient (Wildman–Crippen LogP) is 0.662. The molecule has 1 N–H and O–H groups in total. The van der Waals surface area contributed by atoms with Gasteiger partial charge in [0.15, 0.2) is 0 Å². The number of likely N-dealkylation sites (N-methyl/N-ethyl adjacent to an activating group) is 1. The molecule has 0 radical (unpaired) electrons. The maximum absolute atomic E-state index is 9.57. The molecule has 0 bridgehead atoms. The monoisotopic (exact) mass is 175 g/mol. The van der Waals surface area contributed by atoms with E-state index in [-0.39, 0.29) is 6.10 Å². The van der Waals surface area contributed by atoms with Crippen molar-refractivity contribution in [2.75, 3.05) is 31.6 Å². The molecule has 0 spiro atoms. The van der Waals surface area contributed by atoms with Gasteiger partial charge in [-0.05, 0) is 18.6 Å². The number of hydrogen-bond donors (Lipinski definition) is 1. The van der Waals surface area contributed by atoms with Gasteiger partial charge in [0.2, 0.25) is 0 Å². The standard InChI is InChI=1S/C8H17NOS/c1-3-9-4-7(6-11-2)8(10)5-9/h7-8,10H,3-6H2,1-2H3/t7-,8+/m0/s1. The molecule has 1 saturated heterocycles. The average molecular weight is 175 g/mol. The summed E-state index contributed by atoms with van der Waals surface area (Å²) in [5, 5.41) is 9.57. The van der Waals surface area contributed by atoms with Gasteiger partial charge in [0, 0.05) is 19.0 Å². The molecule has 3 heteroatoms. The molecule has 1 rings (SSSR count). The molecule has 0 unspecified atom stereocenters. The van der Waals surface area contributed by atoms with Crippen LogP contribution in [0.1, 0.15) is 6.92 Å². The zero-order chi connectivity index (χ0) is 8.27. The molecular formula is C8H17NOS. The summed E-state index contributed by atoms with van der Waals surface area (Å²) in [4.78, 5) is 2.31. The molecular weight excluding hydrogens is 158 g/mol. The SMILES string of the molecule is CCN1C[C@@H](CSC)[C@H](O)C1. The molecule has 66 valence electrons. The van der Waals surface area contributed by atoms with Gasteiger partial charge in [0.25, 0.3) is 0 Å². The Morgan fingerprint density at radius 2 is 2.27 bits per heavy atom. The maximum atomic E-state index is 9.57. The van der Waals surface area contributed by atoms with E-state index in [0.717, 1.165) is 25.4 Å². The summed E-state index contributed by atoms with van der Waals surface area (Å²) in [6.07, 6.45) is 2.02. The van der Waals surface area contributed by atoms with Crippen molar-refractivity contribution in [1.29, 1.82) is 0 Å². The Morgan fingerprint density at radius 1 is 1.55 bits per heavy atom. The Morgan fingerprint density at radius 3 is 2.73 bits per heavy atom. The van der Waals surface area contributed by atoms with E-state index >= 15 is 0 Å². The molecule has 1 heterocycles. The minimum Gasteiger partial charge on any atom is -0.391 e. The molecule has 0 amide bonds. The Kier molecular flexibility index (Phi) is 3.69. The van der Waals surface area contributed by atoms with Gasteiger partial charge in [-0.1, -0.05) is 6.92 Å². The van der Waals surface area contributed by atoms with Gasteiger partial charge >= 0.3 is 0 Å². The number of likely N-dealkylation sites (tertiary alicyclic amines) is 1. The molecule has 0 aromatic carbocycles. The second-order valence-corrected chi connectivity index (χ2v) is 4.05. The topological polar surface area (TPSA) is 23.5 Å². The molecule has 2 nitrogen and oxygen atoms in total. The van der Waals surface area contributed by atoms with Crippen molar-refractivity contribution in [1.82, 2.24) is 4.90 Å². The Labute approximate surface area is 73.0 Å². The first-order chi connectivity index (χ1) is 5.27. The number of rotatable bonds is 3. The van der Waals surface area contributed by atoms with Crippen molar-refractivity contribution in [2.45, 2.75) is 13.0 Å². The van der Waals surface area contributed by atoms with Crippen molar-refractivity contribution in [3.05, 3.63) is 0 Å². The highest BCUT2D eigenvalue weighted by Gasteiger charge is 2.29. The third-order valence-electron chi connectivity index (χ3n) is 2.31. The third-order valence-corrected chi connectivity index (χ3v) is 3.07. The van der Waals surface area contributed by atoms with E-state index in [1.807, 2.05) is 11.8 Å². The fourth-order valence-corrected chi connectivity index (χ4v) is 2.33. The van der Waals surface area contributed by atoms with Gasteiger partial charge in [-0.2, -0.15) is 11.8 Å². The number of β-amino-alcohol motifs (C(OH)–C–C–N with tert-alkyl or cyclic N) is 1. The Bertz CT molecular complexity index is 121. The molecule has 11 heavy (non-hydrogen) atoms. The van der Waals surface area contributed by atoms with Crippen LogP contribution < -0.4 is 0 Å². The Balaban J connectivity index is 2.32. The lowest BCUT2D eigenvalue weighted by Crippen LogP contribution is -2.21. The van der Waals surface area contributed by atoms with Crippen molar-refractivity contribution in [3.63, 3.8) is 0 Å². The third kappa shape index (κ3) is 2.36. The van der Waals surface area contributed by atoms with Crippen LogP contribution in [0.4, 0.5) is 0 Å². The first-order valence-corrected chi connectivity index (χ1v) is 5.56. The van der Waals surface area contributed by atoms with E-state index in [9.17, 15) is 5.11 Å². The van der Waals surface area contributed by atoms with E-state index in [1.165, 1.54) is 0 Å². The smallest absolute Gasteiger partial charge is 0.0715 e. The van der Waals surface area contributed by atoms with Crippen LogP contribution >= 0.6 is 11.8 Å². The van der Waals surface area contributed by atoms with Gasteiger partial charge in [0.05, 0.1) is 6.10 Å². The summed E-state index contributed by atoms with van der Waals surface area (Å²) >= 11 is 1.83. The quantitative estimate of drug-likeness (QED) is 0.682. The van der Waals surface area contributed by atoms with Gasteiger partial charge < -0.3 is 10.0 Å². The molecule has 1 fully saturated rings. The van der Waals surface area contributed by atoms with Gasteiger partial charge in [-0.3, -0.25) is 0 Å². The van der Waals surface area contributed by atoms with Gasteiger partial charge in [0.1, 0.15) is 0 Å². The number of nitrogens with zero attached hydrogens (tertiary/aromatic N) is 1. The summed E-state index contributed by atoms with van der Waals surface area (Å²) in [6.45, 7) is 5.18. The summed E-state index contributed by atoms with van der Waals surface area (Å²) in [5.41, 5.74) is 0. The number of aliphatic hydroxyl groups is 1. The van der Waals surface area contributed by atoms with E-state index in [1.54, 1.807) is 0 Å². The molecule has 1 aliphatic heterocycles. The maximum Gasteiger partial charge on any atom is 0.0715 e. The van der Waals surface area contributed by atoms with Gasteiger partial charge in [-0.15, -0.1) is 0 Å². The first-order valence-electron chi connectivity index (χ1n) is 4.17. The van der Waals surface area contributed by atoms with Crippen molar-refractivity contribution in [2.24, 2.45) is 5.92 Å². The second-order valence-electron chi connectivity index (χ2n) is 3.13. The minimum atomic E-state index is -0.0811. The average Bonchev–Trinajstić information content (AvgIpc) is 2.33. The lowest BCUT2D eigenvalue weighted by atomic mass is 10.1. The summed E-state index contributed by atoms with van der Waals surface area (Å²) < 4.78 is 0.